The largest absolute Gasteiger partial charge is 0.468 e. The van der Waals surface area contributed by atoms with Gasteiger partial charge in [0.1, 0.15) is 11.5 Å². The molecule has 0 saturated carbocycles. The van der Waals surface area contributed by atoms with E-state index in [2.05, 4.69) is 142 Å². The Morgan fingerprint density at radius 1 is 0.593 bits per heavy atom. The average Bonchev–Trinajstić information content (AvgIpc) is 3.90. The van der Waals surface area contributed by atoms with Crippen LogP contribution < -0.4 is 36.1 Å². The van der Waals surface area contributed by atoms with Crippen molar-refractivity contribution in [1.82, 2.24) is 16.0 Å². The Morgan fingerprint density at radius 3 is 2.15 bits per heavy atom. The number of hydrogen-bond donors (Lipinski definition) is 5. The Hall–Kier alpha value is -5.60. The van der Waals surface area contributed by atoms with Gasteiger partial charge in [-0.1, -0.05) is 115 Å². The molecule has 6 atom stereocenters. The molecular weight excluding hydrogens is 667 g/mol. The van der Waals surface area contributed by atoms with Gasteiger partial charge in [-0.3, -0.25) is 16.0 Å². The van der Waals surface area contributed by atoms with Gasteiger partial charge in [0.25, 0.3) is 0 Å². The van der Waals surface area contributed by atoms with E-state index in [1.54, 1.807) is 0 Å². The van der Waals surface area contributed by atoms with Gasteiger partial charge in [-0.15, -0.1) is 0 Å². The minimum Gasteiger partial charge on any atom is -0.468 e. The monoisotopic (exact) mass is 711 g/mol. The second-order valence-corrected chi connectivity index (χ2v) is 14.9. The smallest absolute Gasteiger partial charge is 0.196 e. The average molecular weight is 712 g/mol. The molecule has 1 saturated heterocycles. The van der Waals surface area contributed by atoms with Crippen LogP contribution in [0.4, 0.5) is 11.4 Å². The van der Waals surface area contributed by atoms with E-state index in [0.29, 0.717) is 0 Å². The van der Waals surface area contributed by atoms with Crippen molar-refractivity contribution in [2.45, 2.75) is 63.1 Å². The zero-order valence-corrected chi connectivity index (χ0v) is 30.2. The van der Waals surface area contributed by atoms with Crippen molar-refractivity contribution in [3.63, 3.8) is 0 Å². The summed E-state index contributed by atoms with van der Waals surface area (Å²) in [6.45, 7) is 0. The molecule has 270 valence electrons. The predicted molar refractivity (Wildman–Crippen MR) is 217 cm³/mol. The molecule has 6 unspecified atom stereocenters. The van der Waals surface area contributed by atoms with Crippen LogP contribution in [0, 0.1) is 5.92 Å². The highest BCUT2D eigenvalue weighted by atomic mass is 16.5. The van der Waals surface area contributed by atoms with Gasteiger partial charge in [0.15, 0.2) is 12.5 Å². The first-order valence-electron chi connectivity index (χ1n) is 19.4. The Labute approximate surface area is 317 Å². The molecule has 3 heterocycles. The quantitative estimate of drug-likeness (QED) is 0.131. The second-order valence-electron chi connectivity index (χ2n) is 14.9. The highest BCUT2D eigenvalue weighted by Crippen LogP contribution is 2.41. The predicted octanol–water partition coefficient (Wildman–Crippen LogP) is 9.19. The fourth-order valence-electron chi connectivity index (χ4n) is 8.61. The molecule has 0 amide bonds. The van der Waals surface area contributed by atoms with Crippen LogP contribution in [0.25, 0.3) is 11.1 Å². The highest BCUT2D eigenvalue weighted by molar-refractivity contribution is 5.71. The maximum atomic E-state index is 6.56. The number of fused-ring (bicyclic) bond motifs is 2. The van der Waals surface area contributed by atoms with Crippen molar-refractivity contribution in [1.29, 1.82) is 0 Å². The van der Waals surface area contributed by atoms with E-state index in [0.717, 1.165) is 60.6 Å². The second kappa shape index (κ2) is 14.3. The first kappa shape index (κ1) is 33.0. The molecule has 0 spiro atoms. The van der Waals surface area contributed by atoms with Gasteiger partial charge in [0, 0.05) is 11.5 Å². The molecule has 5 N–H and O–H groups in total. The number of anilines is 2. The SMILES string of the molecule is C1=CCCC(c2cccc(C3NC(C4=CCCC(c5ccccc5)=C4)NC(C4=CC(C5Nc6ccccc6O5)=CC(C5Nc6ccccc6O5)C4)N3)c2)=C1. The van der Waals surface area contributed by atoms with Crippen LogP contribution in [0.15, 0.2) is 162 Å². The van der Waals surface area contributed by atoms with E-state index >= 15 is 0 Å². The van der Waals surface area contributed by atoms with Crippen molar-refractivity contribution in [2.75, 3.05) is 10.6 Å². The first-order valence-corrected chi connectivity index (χ1v) is 19.4. The molecule has 6 aliphatic rings. The lowest BCUT2D eigenvalue weighted by Gasteiger charge is -2.42. The van der Waals surface area contributed by atoms with Crippen LogP contribution in [-0.2, 0) is 0 Å². The summed E-state index contributed by atoms with van der Waals surface area (Å²) in [7, 11) is 0. The Kier molecular flexibility index (Phi) is 8.76. The lowest BCUT2D eigenvalue weighted by atomic mass is 9.86. The highest BCUT2D eigenvalue weighted by Gasteiger charge is 2.38. The number of allylic oxidation sites excluding steroid dienone is 6. The Bertz CT molecular complexity index is 2200. The molecule has 3 aliphatic heterocycles. The van der Waals surface area contributed by atoms with E-state index in [4.69, 9.17) is 9.47 Å². The standard InChI is InChI=1S/C47H45N5O2/c1-3-13-30(14-4-1)32-17-11-19-34(25-32)43-50-44(35-20-12-18-33(26-35)31-15-5-2-6-16-31)52-45(51-43)36-27-37(46-48-39-21-7-9-23-41(39)53-46)29-38(28-36)47-49-40-22-8-10-24-42(40)54-47/h1-5,7-10,12-15,18-27,29,38,43-52H,6,11,16-17,28H2. The lowest BCUT2D eigenvalue weighted by molar-refractivity contribution is 0.190. The van der Waals surface area contributed by atoms with Crippen LogP contribution in [0.3, 0.4) is 0 Å². The minimum atomic E-state index is -0.302. The molecule has 4 aromatic rings. The number of rotatable bonds is 7. The zero-order chi connectivity index (χ0) is 35.8. The van der Waals surface area contributed by atoms with E-state index in [1.807, 2.05) is 30.3 Å². The van der Waals surface area contributed by atoms with Crippen molar-refractivity contribution >= 4 is 22.5 Å². The van der Waals surface area contributed by atoms with Crippen LogP contribution in [0.2, 0.25) is 0 Å². The van der Waals surface area contributed by atoms with Crippen LogP contribution in [0.5, 0.6) is 11.5 Å². The molecule has 1 fully saturated rings. The molecule has 4 aromatic carbocycles. The van der Waals surface area contributed by atoms with Gasteiger partial charge < -0.3 is 20.1 Å². The fraction of sp³-hybridized carbons (Fsp3) is 0.234. The molecule has 7 nitrogen and oxygen atoms in total. The molecule has 7 heteroatoms. The Morgan fingerprint density at radius 2 is 1.33 bits per heavy atom. The number of benzene rings is 4. The van der Waals surface area contributed by atoms with Crippen molar-refractivity contribution in [2.24, 2.45) is 5.92 Å². The normalized spacial score (nSPS) is 27.0. The van der Waals surface area contributed by atoms with Gasteiger partial charge in [-0.05, 0) is 101 Å². The zero-order valence-electron chi connectivity index (χ0n) is 30.2. The molecule has 10 rings (SSSR count). The number of hydrogen-bond acceptors (Lipinski definition) is 7. The third kappa shape index (κ3) is 6.60. The van der Waals surface area contributed by atoms with Gasteiger partial charge >= 0.3 is 0 Å². The summed E-state index contributed by atoms with van der Waals surface area (Å²) in [5.41, 5.74) is 12.2. The van der Waals surface area contributed by atoms with Gasteiger partial charge in [0.2, 0.25) is 0 Å². The third-order valence-corrected chi connectivity index (χ3v) is 11.4. The molecule has 0 aromatic heterocycles. The third-order valence-electron chi connectivity index (χ3n) is 11.4. The Balaban J connectivity index is 1.00. The van der Waals surface area contributed by atoms with Crippen LogP contribution >= 0.6 is 0 Å². The summed E-state index contributed by atoms with van der Waals surface area (Å²) >= 11 is 0. The van der Waals surface area contributed by atoms with Gasteiger partial charge in [-0.25, -0.2) is 0 Å². The van der Waals surface area contributed by atoms with E-state index in [1.165, 1.54) is 39.0 Å². The van der Waals surface area contributed by atoms with E-state index in [-0.39, 0.29) is 36.9 Å². The molecule has 3 aliphatic carbocycles. The summed E-state index contributed by atoms with van der Waals surface area (Å²) in [5, 5.41) is 19.3. The van der Waals surface area contributed by atoms with Crippen molar-refractivity contribution in [3.8, 4) is 11.5 Å². The molecule has 0 bridgehead atoms. The topological polar surface area (TPSA) is 78.6 Å². The summed E-state index contributed by atoms with van der Waals surface area (Å²) < 4.78 is 13.1. The maximum absolute atomic E-state index is 6.56. The molecule has 54 heavy (non-hydrogen) atoms. The van der Waals surface area contributed by atoms with E-state index in [9.17, 15) is 0 Å². The minimum absolute atomic E-state index is 0.0602. The van der Waals surface area contributed by atoms with Crippen molar-refractivity contribution in [3.05, 3.63) is 179 Å². The number of nitrogens with one attached hydrogen (secondary N) is 5. The maximum Gasteiger partial charge on any atom is 0.196 e. The number of para-hydroxylation sites is 4. The fourth-order valence-corrected chi connectivity index (χ4v) is 8.61. The summed E-state index contributed by atoms with van der Waals surface area (Å²) in [4.78, 5) is 0. The number of ether oxygens (including phenoxy) is 2. The van der Waals surface area contributed by atoms with Gasteiger partial charge in [0.05, 0.1) is 29.9 Å². The van der Waals surface area contributed by atoms with Crippen molar-refractivity contribution < 1.29 is 9.47 Å². The lowest BCUT2D eigenvalue weighted by Crippen LogP contribution is -2.64. The summed E-state index contributed by atoms with van der Waals surface area (Å²) in [6, 6.07) is 36.2. The van der Waals surface area contributed by atoms with Gasteiger partial charge in [-0.2, -0.15) is 0 Å². The molecular formula is C47H45N5O2. The van der Waals surface area contributed by atoms with Crippen LogP contribution in [-0.4, -0.2) is 24.8 Å². The summed E-state index contributed by atoms with van der Waals surface area (Å²) in [6.07, 6.45) is 20.3. The van der Waals surface area contributed by atoms with E-state index < -0.39 is 0 Å². The molecule has 0 radical (unpaired) electrons. The summed E-state index contributed by atoms with van der Waals surface area (Å²) in [5.74, 6) is 1.82. The van der Waals surface area contributed by atoms with Crippen LogP contribution in [0.1, 0.15) is 55.0 Å². The first-order chi connectivity index (χ1) is 26.7.